The van der Waals surface area contributed by atoms with Gasteiger partial charge in [-0.2, -0.15) is 0 Å². The highest BCUT2D eigenvalue weighted by atomic mass is 19.1. The van der Waals surface area contributed by atoms with E-state index in [0.29, 0.717) is 5.56 Å². The second kappa shape index (κ2) is 7.04. The molecule has 2 rings (SSSR count). The Morgan fingerprint density at radius 1 is 1.09 bits per heavy atom. The van der Waals surface area contributed by atoms with Gasteiger partial charge < -0.3 is 15.1 Å². The average Bonchev–Trinajstić information content (AvgIpc) is 2.53. The molecule has 0 radical (unpaired) electrons. The lowest BCUT2D eigenvalue weighted by Gasteiger charge is -2.27. The third kappa shape index (κ3) is 3.83. The van der Waals surface area contributed by atoms with E-state index in [1.165, 1.54) is 31.3 Å². The van der Waals surface area contributed by atoms with Crippen LogP contribution in [0.5, 0.6) is 0 Å². The fraction of sp³-hybridized carbons (Fsp3) is 0.235. The van der Waals surface area contributed by atoms with Crippen LogP contribution in [0.15, 0.2) is 54.6 Å². The van der Waals surface area contributed by atoms with Gasteiger partial charge in [0, 0.05) is 19.5 Å². The van der Waals surface area contributed by atoms with Crippen LogP contribution >= 0.6 is 0 Å². The van der Waals surface area contributed by atoms with Gasteiger partial charge in [-0.05, 0) is 23.3 Å². The molecule has 2 aromatic rings. The van der Waals surface area contributed by atoms with Gasteiger partial charge in [0.1, 0.15) is 5.82 Å². The van der Waals surface area contributed by atoms with Crippen LogP contribution in [0.1, 0.15) is 23.1 Å². The summed E-state index contributed by atoms with van der Waals surface area (Å²) in [4.78, 5) is 12.2. The van der Waals surface area contributed by atoms with Crippen LogP contribution in [0.3, 0.4) is 0 Å². The van der Waals surface area contributed by atoms with E-state index in [4.69, 9.17) is 5.11 Å². The lowest BCUT2D eigenvalue weighted by Crippen LogP contribution is -2.32. The molecule has 0 aliphatic carbocycles. The summed E-state index contributed by atoms with van der Waals surface area (Å²) in [5.41, 5.74) is 1.38. The molecule has 0 fully saturated rings. The van der Waals surface area contributed by atoms with Crippen molar-refractivity contribution < 1.29 is 19.4 Å². The van der Waals surface area contributed by atoms with E-state index in [9.17, 15) is 14.3 Å². The molecule has 0 unspecified atom stereocenters. The minimum absolute atomic E-state index is 0.137. The summed E-state index contributed by atoms with van der Waals surface area (Å²) in [5.74, 6) is -0.817. The number of nitrogens with zero attached hydrogens (tertiary/aromatic N) is 1. The van der Waals surface area contributed by atoms with E-state index in [1.54, 1.807) is 0 Å². The molecule has 1 amide bonds. The molecule has 0 spiro atoms. The molecule has 4 nitrogen and oxygen atoms in total. The lowest BCUT2D eigenvalue weighted by molar-refractivity contribution is 0.113. The number of rotatable bonds is 5. The first-order chi connectivity index (χ1) is 10.5. The minimum Gasteiger partial charge on any atom is -0.465 e. The van der Waals surface area contributed by atoms with Crippen LogP contribution in [0, 0.1) is 5.82 Å². The number of benzene rings is 2. The van der Waals surface area contributed by atoms with E-state index in [2.05, 4.69) is 0 Å². The van der Waals surface area contributed by atoms with Crippen molar-refractivity contribution >= 4 is 6.09 Å². The molecule has 0 saturated carbocycles. The van der Waals surface area contributed by atoms with E-state index in [0.717, 1.165) is 10.5 Å². The van der Waals surface area contributed by atoms with Crippen LogP contribution in [0.4, 0.5) is 9.18 Å². The second-order valence-electron chi connectivity index (χ2n) is 5.18. The highest BCUT2D eigenvalue weighted by molar-refractivity contribution is 5.64. The predicted octanol–water partition coefficient (Wildman–Crippen LogP) is 3.25. The van der Waals surface area contributed by atoms with Gasteiger partial charge in [0.2, 0.25) is 0 Å². The molecule has 0 aliphatic rings. The zero-order chi connectivity index (χ0) is 16.1. The number of carbonyl (C=O) groups is 1. The van der Waals surface area contributed by atoms with Gasteiger partial charge in [0.15, 0.2) is 0 Å². The SMILES string of the molecule is CN(C[C@H](c1ccccc1)[C@H](O)c1ccc(F)cc1)C(=O)O. The number of likely N-dealkylation sites (N-methyl/N-ethyl adjacent to an activating group) is 1. The number of halogens is 1. The standard InChI is InChI=1S/C17H18FNO3/c1-19(17(21)22)11-15(12-5-3-2-4-6-12)16(20)13-7-9-14(18)10-8-13/h2-10,15-16,20H,11H2,1H3,(H,21,22)/t15-,16-/m1/s1. The first kappa shape index (κ1) is 16.0. The Balaban J connectivity index is 2.30. The van der Waals surface area contributed by atoms with Crippen molar-refractivity contribution in [2.45, 2.75) is 12.0 Å². The molecule has 0 bridgehead atoms. The largest absolute Gasteiger partial charge is 0.465 e. The normalized spacial score (nSPS) is 13.4. The van der Waals surface area contributed by atoms with Crippen LogP contribution in [-0.4, -0.2) is 34.8 Å². The second-order valence-corrected chi connectivity index (χ2v) is 5.18. The van der Waals surface area contributed by atoms with Crippen molar-refractivity contribution in [3.8, 4) is 0 Å². The molecule has 116 valence electrons. The monoisotopic (exact) mass is 303 g/mol. The average molecular weight is 303 g/mol. The molecule has 0 heterocycles. The van der Waals surface area contributed by atoms with Gasteiger partial charge in [-0.25, -0.2) is 9.18 Å². The Morgan fingerprint density at radius 3 is 2.23 bits per heavy atom. The number of hydrogen-bond donors (Lipinski definition) is 2. The number of carboxylic acid groups (broad SMARTS) is 1. The smallest absolute Gasteiger partial charge is 0.407 e. The zero-order valence-electron chi connectivity index (χ0n) is 12.2. The predicted molar refractivity (Wildman–Crippen MR) is 81.2 cm³/mol. The summed E-state index contributed by atoms with van der Waals surface area (Å²) in [7, 11) is 1.45. The molecule has 5 heteroatoms. The fourth-order valence-corrected chi connectivity index (χ4v) is 2.35. The highest BCUT2D eigenvalue weighted by Gasteiger charge is 2.25. The van der Waals surface area contributed by atoms with Gasteiger partial charge in [-0.1, -0.05) is 42.5 Å². The van der Waals surface area contributed by atoms with Crippen LogP contribution in [0.25, 0.3) is 0 Å². The van der Waals surface area contributed by atoms with E-state index < -0.39 is 18.1 Å². The van der Waals surface area contributed by atoms with Gasteiger partial charge >= 0.3 is 6.09 Å². The van der Waals surface area contributed by atoms with Gasteiger partial charge in [0.25, 0.3) is 0 Å². The topological polar surface area (TPSA) is 60.8 Å². The quantitative estimate of drug-likeness (QED) is 0.891. The maximum absolute atomic E-state index is 13.0. The molecule has 2 N–H and O–H groups in total. The minimum atomic E-state index is -1.06. The summed E-state index contributed by atoms with van der Waals surface area (Å²) in [6, 6.07) is 14.8. The van der Waals surface area contributed by atoms with Crippen molar-refractivity contribution in [3.63, 3.8) is 0 Å². The maximum atomic E-state index is 13.0. The van der Waals surface area contributed by atoms with Crippen LogP contribution in [0.2, 0.25) is 0 Å². The maximum Gasteiger partial charge on any atom is 0.407 e. The first-order valence-corrected chi connectivity index (χ1v) is 6.91. The summed E-state index contributed by atoms with van der Waals surface area (Å²) in [5, 5.41) is 19.7. The Morgan fingerprint density at radius 2 is 1.68 bits per heavy atom. The van der Waals surface area contributed by atoms with Crippen molar-refractivity contribution in [2.75, 3.05) is 13.6 Å². The lowest BCUT2D eigenvalue weighted by atomic mass is 9.88. The third-order valence-electron chi connectivity index (χ3n) is 3.62. The van der Waals surface area contributed by atoms with Crippen molar-refractivity contribution in [2.24, 2.45) is 0 Å². The van der Waals surface area contributed by atoms with Crippen molar-refractivity contribution in [1.82, 2.24) is 4.90 Å². The third-order valence-corrected chi connectivity index (χ3v) is 3.62. The van der Waals surface area contributed by atoms with E-state index >= 15 is 0 Å². The summed E-state index contributed by atoms with van der Waals surface area (Å²) in [6.45, 7) is 0.137. The summed E-state index contributed by atoms with van der Waals surface area (Å²) < 4.78 is 13.0. The van der Waals surface area contributed by atoms with Crippen molar-refractivity contribution in [3.05, 3.63) is 71.5 Å². The first-order valence-electron chi connectivity index (χ1n) is 6.91. The van der Waals surface area contributed by atoms with Gasteiger partial charge in [-0.15, -0.1) is 0 Å². The molecule has 2 aromatic carbocycles. The van der Waals surface area contributed by atoms with E-state index in [1.807, 2.05) is 30.3 Å². The van der Waals surface area contributed by atoms with Gasteiger partial charge in [0.05, 0.1) is 6.10 Å². The van der Waals surface area contributed by atoms with Crippen molar-refractivity contribution in [1.29, 1.82) is 0 Å². The highest BCUT2D eigenvalue weighted by Crippen LogP contribution is 2.31. The molecular formula is C17H18FNO3. The number of aliphatic hydroxyl groups excluding tert-OH is 1. The fourth-order valence-electron chi connectivity index (χ4n) is 2.35. The van der Waals surface area contributed by atoms with E-state index in [-0.39, 0.29) is 12.4 Å². The number of aliphatic hydroxyl groups is 1. The van der Waals surface area contributed by atoms with Crippen LogP contribution in [-0.2, 0) is 0 Å². The van der Waals surface area contributed by atoms with Gasteiger partial charge in [-0.3, -0.25) is 0 Å². The summed E-state index contributed by atoms with van der Waals surface area (Å²) >= 11 is 0. The number of hydrogen-bond acceptors (Lipinski definition) is 2. The Labute approximate surface area is 128 Å². The zero-order valence-corrected chi connectivity index (χ0v) is 12.2. The number of amides is 1. The molecule has 22 heavy (non-hydrogen) atoms. The van der Waals surface area contributed by atoms with Crippen LogP contribution < -0.4 is 0 Å². The molecule has 0 saturated heterocycles. The summed E-state index contributed by atoms with van der Waals surface area (Å²) in [6.07, 6.45) is -1.99. The Kier molecular flexibility index (Phi) is 5.12. The molecule has 0 aliphatic heterocycles. The Hall–Kier alpha value is -2.40. The molecule has 0 aromatic heterocycles. The molecule has 2 atom stereocenters. The Bertz CT molecular complexity index is 616. The molecular weight excluding hydrogens is 285 g/mol.